The van der Waals surface area contributed by atoms with Crippen LogP contribution in [-0.2, 0) is 6.42 Å². The summed E-state index contributed by atoms with van der Waals surface area (Å²) >= 11 is 4.91. The van der Waals surface area contributed by atoms with Gasteiger partial charge in [0.2, 0.25) is 0 Å². The number of carbonyl (C=O) groups is 1. The summed E-state index contributed by atoms with van der Waals surface area (Å²) in [7, 11) is 0. The van der Waals surface area contributed by atoms with Gasteiger partial charge in [-0.05, 0) is 34.1 Å². The Bertz CT molecular complexity index is 507. The van der Waals surface area contributed by atoms with Crippen LogP contribution in [0.3, 0.4) is 0 Å². The Hall–Kier alpha value is -1.20. The van der Waals surface area contributed by atoms with Crippen molar-refractivity contribution < 1.29 is 4.79 Å². The van der Waals surface area contributed by atoms with Gasteiger partial charge in [-0.1, -0.05) is 0 Å². The van der Waals surface area contributed by atoms with Crippen LogP contribution in [0.4, 0.5) is 5.69 Å². The number of ketones is 1. The third-order valence-electron chi connectivity index (χ3n) is 2.03. The van der Waals surface area contributed by atoms with E-state index >= 15 is 0 Å². The summed E-state index contributed by atoms with van der Waals surface area (Å²) < 4.78 is 1.01. The third kappa shape index (κ3) is 2.68. The molecule has 0 amide bonds. The van der Waals surface area contributed by atoms with E-state index in [2.05, 4.69) is 20.9 Å². The summed E-state index contributed by atoms with van der Waals surface area (Å²) in [5.41, 5.74) is 6.53. The monoisotopic (exact) mass is 296 g/mol. The van der Waals surface area contributed by atoms with Crippen molar-refractivity contribution in [2.75, 3.05) is 5.73 Å². The molecule has 0 unspecified atom stereocenters. The molecule has 0 bridgehead atoms. The van der Waals surface area contributed by atoms with Gasteiger partial charge in [-0.3, -0.25) is 9.78 Å². The zero-order valence-corrected chi connectivity index (χ0v) is 10.7. The lowest BCUT2D eigenvalue weighted by molar-refractivity contribution is 0.0989. The van der Waals surface area contributed by atoms with Crippen LogP contribution < -0.4 is 5.73 Å². The highest BCUT2D eigenvalue weighted by Gasteiger charge is 2.09. The second-order valence-electron chi connectivity index (χ2n) is 3.31. The first kappa shape index (κ1) is 11.3. The number of anilines is 1. The number of Topliss-reactive ketones (excluding diaryl/α,β-unsaturated/α-hetero) is 1. The molecule has 0 aliphatic heterocycles. The summed E-state index contributed by atoms with van der Waals surface area (Å²) in [6, 6.07) is 5.28. The summed E-state index contributed by atoms with van der Waals surface area (Å²) in [6.07, 6.45) is 1.88. The fourth-order valence-corrected chi connectivity index (χ4v) is 2.72. The van der Waals surface area contributed by atoms with Crippen LogP contribution in [0, 0.1) is 0 Å². The molecule has 2 aromatic rings. The van der Waals surface area contributed by atoms with Crippen molar-refractivity contribution in [1.82, 2.24) is 4.98 Å². The van der Waals surface area contributed by atoms with Gasteiger partial charge in [0, 0.05) is 21.2 Å². The fourth-order valence-electron chi connectivity index (χ4n) is 1.27. The number of nitrogens with two attached hydrogens (primary N) is 1. The first-order valence-electron chi connectivity index (χ1n) is 4.63. The molecule has 2 N–H and O–H groups in total. The second kappa shape index (κ2) is 4.76. The molecule has 2 rings (SSSR count). The lowest BCUT2D eigenvalue weighted by atomic mass is 10.2. The van der Waals surface area contributed by atoms with E-state index in [4.69, 9.17) is 5.73 Å². The van der Waals surface area contributed by atoms with Crippen LogP contribution in [0.1, 0.15) is 15.4 Å². The van der Waals surface area contributed by atoms with Crippen LogP contribution in [-0.4, -0.2) is 10.8 Å². The number of nitrogen functional groups attached to an aromatic ring is 1. The SMILES string of the molecule is Nc1ccc(C(=O)Cc2cc(Br)cs2)nc1. The molecule has 0 fully saturated rings. The Morgan fingerprint density at radius 2 is 2.31 bits per heavy atom. The maximum atomic E-state index is 11.8. The number of carbonyl (C=O) groups excluding carboxylic acids is 1. The average Bonchev–Trinajstić information content (AvgIpc) is 2.65. The first-order valence-corrected chi connectivity index (χ1v) is 6.30. The smallest absolute Gasteiger partial charge is 0.186 e. The molecule has 0 spiro atoms. The Kier molecular flexibility index (Phi) is 3.36. The van der Waals surface area contributed by atoms with E-state index in [0.29, 0.717) is 17.8 Å². The standard InChI is InChI=1S/C11H9BrN2OS/c12-7-3-9(16-6-7)4-11(15)10-2-1-8(13)5-14-10/h1-3,5-6H,4,13H2. The van der Waals surface area contributed by atoms with Gasteiger partial charge in [0.25, 0.3) is 0 Å². The van der Waals surface area contributed by atoms with E-state index in [1.807, 2.05) is 11.4 Å². The quantitative estimate of drug-likeness (QED) is 0.886. The Morgan fingerprint density at radius 3 is 2.88 bits per heavy atom. The number of hydrogen-bond donors (Lipinski definition) is 1. The maximum Gasteiger partial charge on any atom is 0.186 e. The third-order valence-corrected chi connectivity index (χ3v) is 3.73. The molecule has 2 heterocycles. The van der Waals surface area contributed by atoms with Crippen molar-refractivity contribution in [3.05, 3.63) is 44.8 Å². The molecule has 5 heteroatoms. The van der Waals surface area contributed by atoms with Crippen LogP contribution in [0.5, 0.6) is 0 Å². The van der Waals surface area contributed by atoms with E-state index in [1.165, 1.54) is 6.20 Å². The van der Waals surface area contributed by atoms with Gasteiger partial charge in [0.1, 0.15) is 5.69 Å². The molecule has 0 aliphatic rings. The summed E-state index contributed by atoms with van der Waals surface area (Å²) in [6.45, 7) is 0. The summed E-state index contributed by atoms with van der Waals surface area (Å²) in [5.74, 6) is 0.00866. The van der Waals surface area contributed by atoms with Crippen LogP contribution in [0.15, 0.2) is 34.2 Å². The fraction of sp³-hybridized carbons (Fsp3) is 0.0909. The number of halogens is 1. The number of aromatic nitrogens is 1. The highest BCUT2D eigenvalue weighted by molar-refractivity contribution is 9.10. The molecule has 16 heavy (non-hydrogen) atoms. The summed E-state index contributed by atoms with van der Waals surface area (Å²) in [5, 5.41) is 1.96. The average molecular weight is 297 g/mol. The van der Waals surface area contributed by atoms with Crippen LogP contribution >= 0.6 is 27.3 Å². The van der Waals surface area contributed by atoms with Crippen molar-refractivity contribution in [3.63, 3.8) is 0 Å². The maximum absolute atomic E-state index is 11.8. The molecule has 0 aliphatic carbocycles. The topological polar surface area (TPSA) is 56.0 Å². The van der Waals surface area contributed by atoms with Gasteiger partial charge in [0.05, 0.1) is 11.9 Å². The molecular weight excluding hydrogens is 288 g/mol. The first-order chi connectivity index (χ1) is 7.65. The predicted molar refractivity (Wildman–Crippen MR) is 68.7 cm³/mol. The second-order valence-corrected chi connectivity index (χ2v) is 5.22. The number of pyridine rings is 1. The van der Waals surface area contributed by atoms with Gasteiger partial charge >= 0.3 is 0 Å². The molecule has 0 saturated carbocycles. The Labute approximate surface area is 105 Å². The van der Waals surface area contributed by atoms with Crippen molar-refractivity contribution in [2.45, 2.75) is 6.42 Å². The molecule has 0 radical (unpaired) electrons. The number of hydrogen-bond acceptors (Lipinski definition) is 4. The van der Waals surface area contributed by atoms with Crippen molar-refractivity contribution >= 4 is 38.7 Å². The van der Waals surface area contributed by atoms with Crippen molar-refractivity contribution in [2.24, 2.45) is 0 Å². The molecule has 82 valence electrons. The van der Waals surface area contributed by atoms with E-state index in [9.17, 15) is 4.79 Å². The van der Waals surface area contributed by atoms with Crippen LogP contribution in [0.25, 0.3) is 0 Å². The molecule has 0 aromatic carbocycles. The molecule has 0 atom stereocenters. The minimum absolute atomic E-state index is 0.00866. The Morgan fingerprint density at radius 1 is 1.50 bits per heavy atom. The van der Waals surface area contributed by atoms with Gasteiger partial charge in [-0.2, -0.15) is 0 Å². The minimum Gasteiger partial charge on any atom is -0.397 e. The van der Waals surface area contributed by atoms with E-state index in [1.54, 1.807) is 23.5 Å². The number of thiophene rings is 1. The highest BCUT2D eigenvalue weighted by atomic mass is 79.9. The zero-order chi connectivity index (χ0) is 11.5. The van der Waals surface area contributed by atoms with Gasteiger partial charge < -0.3 is 5.73 Å². The normalized spacial score (nSPS) is 10.3. The minimum atomic E-state index is 0.00866. The van der Waals surface area contributed by atoms with Crippen LogP contribution in [0.2, 0.25) is 0 Å². The van der Waals surface area contributed by atoms with E-state index in [-0.39, 0.29) is 5.78 Å². The molecule has 2 aromatic heterocycles. The number of nitrogens with zero attached hydrogens (tertiary/aromatic N) is 1. The van der Waals surface area contributed by atoms with E-state index in [0.717, 1.165) is 9.35 Å². The zero-order valence-electron chi connectivity index (χ0n) is 8.31. The largest absolute Gasteiger partial charge is 0.397 e. The van der Waals surface area contributed by atoms with E-state index < -0.39 is 0 Å². The summed E-state index contributed by atoms with van der Waals surface area (Å²) in [4.78, 5) is 16.8. The van der Waals surface area contributed by atoms with Crippen molar-refractivity contribution in [3.8, 4) is 0 Å². The predicted octanol–water partition coefficient (Wildman–Crippen LogP) is 2.91. The molecule has 3 nitrogen and oxygen atoms in total. The van der Waals surface area contributed by atoms with Gasteiger partial charge in [-0.25, -0.2) is 0 Å². The van der Waals surface area contributed by atoms with Gasteiger partial charge in [0.15, 0.2) is 5.78 Å². The Balaban J connectivity index is 2.11. The highest BCUT2D eigenvalue weighted by Crippen LogP contribution is 2.21. The molecule has 0 saturated heterocycles. The lowest BCUT2D eigenvalue weighted by Gasteiger charge is -1.98. The lowest BCUT2D eigenvalue weighted by Crippen LogP contribution is -2.05. The molecular formula is C11H9BrN2OS. The number of rotatable bonds is 3. The van der Waals surface area contributed by atoms with Crippen molar-refractivity contribution in [1.29, 1.82) is 0 Å². The van der Waals surface area contributed by atoms with Gasteiger partial charge in [-0.15, -0.1) is 11.3 Å².